The van der Waals surface area contributed by atoms with Crippen LogP contribution in [0.25, 0.3) is 0 Å². The number of hydrogen-bond donors (Lipinski definition) is 2. The molecule has 2 aliphatic heterocycles. The Bertz CT molecular complexity index is 928. The second kappa shape index (κ2) is 7.92. The van der Waals surface area contributed by atoms with E-state index in [0.29, 0.717) is 31.4 Å². The molecule has 4 heterocycles. The molecule has 0 radical (unpaired) electrons. The maximum Gasteiger partial charge on any atom is 0.253 e. The minimum atomic E-state index is -0.810. The average Bonchev–Trinajstić information content (AvgIpc) is 2.73. The number of aliphatic hydroxyl groups excluding tert-OH is 1. The normalized spacial score (nSPS) is 25.9. The monoisotopic (exact) mass is 411 g/mol. The van der Waals surface area contributed by atoms with Gasteiger partial charge in [-0.05, 0) is 57.7 Å². The number of nitrogens with one attached hydrogen (secondary N) is 1. The van der Waals surface area contributed by atoms with Crippen molar-refractivity contribution in [2.75, 3.05) is 24.6 Å². The smallest absolute Gasteiger partial charge is 0.253 e. The van der Waals surface area contributed by atoms with Crippen LogP contribution in [-0.2, 0) is 4.74 Å². The summed E-state index contributed by atoms with van der Waals surface area (Å²) in [6.45, 7) is 7.62. The Kier molecular flexibility index (Phi) is 5.46. The van der Waals surface area contributed by atoms with Crippen LogP contribution in [-0.4, -0.2) is 62.9 Å². The van der Waals surface area contributed by atoms with Crippen LogP contribution in [0.15, 0.2) is 30.7 Å². The topological polar surface area (TPSA) is 100 Å². The minimum absolute atomic E-state index is 0.223. The van der Waals surface area contributed by atoms with E-state index in [9.17, 15) is 9.90 Å². The van der Waals surface area contributed by atoms with Crippen molar-refractivity contribution in [3.8, 4) is 0 Å². The van der Waals surface area contributed by atoms with Crippen molar-refractivity contribution in [2.24, 2.45) is 0 Å². The van der Waals surface area contributed by atoms with Crippen molar-refractivity contribution < 1.29 is 14.6 Å². The number of amides is 1. The quantitative estimate of drug-likeness (QED) is 0.794. The summed E-state index contributed by atoms with van der Waals surface area (Å²) in [5.41, 5.74) is -0.0294. The maximum absolute atomic E-state index is 12.8. The van der Waals surface area contributed by atoms with Crippen LogP contribution < -0.4 is 10.2 Å². The lowest BCUT2D eigenvalue weighted by atomic mass is 9.73. The molecule has 8 nitrogen and oxygen atoms in total. The highest BCUT2D eigenvalue weighted by Gasteiger charge is 2.54. The van der Waals surface area contributed by atoms with Crippen LogP contribution in [0.1, 0.15) is 47.9 Å². The van der Waals surface area contributed by atoms with Gasteiger partial charge in [0.25, 0.3) is 5.91 Å². The van der Waals surface area contributed by atoms with E-state index in [1.807, 2.05) is 26.8 Å². The van der Waals surface area contributed by atoms with E-state index in [1.165, 1.54) is 0 Å². The Labute approximate surface area is 176 Å². The summed E-state index contributed by atoms with van der Waals surface area (Å²) in [6.07, 6.45) is 6.09. The predicted octanol–water partition coefficient (Wildman–Crippen LogP) is 1.80. The molecular weight excluding hydrogens is 382 g/mol. The van der Waals surface area contributed by atoms with Crippen LogP contribution in [0.3, 0.4) is 0 Å². The zero-order chi connectivity index (χ0) is 21.4. The first-order valence-corrected chi connectivity index (χ1v) is 10.4. The third-order valence-electron chi connectivity index (χ3n) is 6.34. The molecule has 0 unspecified atom stereocenters. The van der Waals surface area contributed by atoms with Gasteiger partial charge >= 0.3 is 0 Å². The first-order chi connectivity index (χ1) is 14.3. The van der Waals surface area contributed by atoms with Crippen LogP contribution >= 0.6 is 0 Å². The Morgan fingerprint density at radius 3 is 2.73 bits per heavy atom. The molecule has 0 bridgehead atoms. The average molecular weight is 412 g/mol. The Hall–Kier alpha value is -2.58. The zero-order valence-electron chi connectivity index (χ0n) is 17.8. The van der Waals surface area contributed by atoms with Gasteiger partial charge in [-0.3, -0.25) is 9.78 Å². The largest absolute Gasteiger partial charge is 0.388 e. The molecule has 0 aromatic carbocycles. The maximum atomic E-state index is 12.8. The first-order valence-electron chi connectivity index (χ1n) is 10.4. The molecule has 1 amide bonds. The highest BCUT2D eigenvalue weighted by molar-refractivity contribution is 5.94. The highest BCUT2D eigenvalue weighted by Crippen LogP contribution is 2.40. The molecule has 2 atom stereocenters. The summed E-state index contributed by atoms with van der Waals surface area (Å²) >= 11 is 0. The van der Waals surface area contributed by atoms with Gasteiger partial charge in [-0.2, -0.15) is 0 Å². The second-order valence-electron chi connectivity index (χ2n) is 8.64. The van der Waals surface area contributed by atoms with Crippen LogP contribution in [0, 0.1) is 13.8 Å². The fraction of sp³-hybridized carbons (Fsp3) is 0.545. The molecule has 1 spiro atoms. The SMILES string of the molecule is Cc1cncc(C(=O)N[C@]2(C)CCOC3(CCN(c4ccnc(C)n4)CC3)[C@H]2O)c1. The van der Waals surface area contributed by atoms with E-state index >= 15 is 0 Å². The van der Waals surface area contributed by atoms with Gasteiger partial charge < -0.3 is 20.1 Å². The number of nitrogens with zero attached hydrogens (tertiary/aromatic N) is 4. The van der Waals surface area contributed by atoms with Crippen molar-refractivity contribution in [1.29, 1.82) is 0 Å². The second-order valence-corrected chi connectivity index (χ2v) is 8.64. The third-order valence-corrected chi connectivity index (χ3v) is 6.34. The summed E-state index contributed by atoms with van der Waals surface area (Å²) in [6, 6.07) is 3.71. The number of aliphatic hydroxyl groups is 1. The predicted molar refractivity (Wildman–Crippen MR) is 112 cm³/mol. The number of carbonyl (C=O) groups excluding carboxylic acids is 1. The molecule has 8 heteroatoms. The van der Waals surface area contributed by atoms with Gasteiger partial charge in [-0.1, -0.05) is 0 Å². The standard InChI is InChI=1S/C22H29N5O3/c1-15-12-17(14-23-13-15)19(28)26-21(3)7-11-30-22(20(21)29)5-9-27(10-6-22)18-4-8-24-16(2)25-18/h4,8,12-14,20,29H,5-7,9-11H2,1-3H3,(H,26,28)/t20-,21+/m0/s1. The summed E-state index contributed by atoms with van der Waals surface area (Å²) < 4.78 is 6.16. The number of aryl methyl sites for hydroxylation is 2. The number of aromatic nitrogens is 3. The van der Waals surface area contributed by atoms with Gasteiger partial charge in [-0.25, -0.2) is 9.97 Å². The first kappa shape index (κ1) is 20.7. The Balaban J connectivity index is 1.47. The molecular formula is C22H29N5O3. The lowest BCUT2D eigenvalue weighted by Crippen LogP contribution is -2.69. The van der Waals surface area contributed by atoms with Gasteiger partial charge in [-0.15, -0.1) is 0 Å². The molecule has 160 valence electrons. The summed E-state index contributed by atoms with van der Waals surface area (Å²) in [7, 11) is 0. The lowest BCUT2D eigenvalue weighted by molar-refractivity contribution is -0.195. The van der Waals surface area contributed by atoms with E-state index in [2.05, 4.69) is 25.2 Å². The molecule has 30 heavy (non-hydrogen) atoms. The number of pyridine rings is 1. The summed E-state index contributed by atoms with van der Waals surface area (Å²) in [5.74, 6) is 1.41. The van der Waals surface area contributed by atoms with Crippen molar-refractivity contribution in [1.82, 2.24) is 20.3 Å². The van der Waals surface area contributed by atoms with Crippen molar-refractivity contribution in [3.05, 3.63) is 47.7 Å². The van der Waals surface area contributed by atoms with Gasteiger partial charge in [0.2, 0.25) is 0 Å². The van der Waals surface area contributed by atoms with Crippen molar-refractivity contribution in [3.63, 3.8) is 0 Å². The fourth-order valence-electron chi connectivity index (χ4n) is 4.56. The van der Waals surface area contributed by atoms with Crippen LogP contribution in [0.2, 0.25) is 0 Å². The number of hydrogen-bond acceptors (Lipinski definition) is 7. The van der Waals surface area contributed by atoms with Crippen molar-refractivity contribution in [2.45, 2.75) is 57.3 Å². The highest BCUT2D eigenvalue weighted by atomic mass is 16.5. The van der Waals surface area contributed by atoms with Crippen LogP contribution in [0.5, 0.6) is 0 Å². The van der Waals surface area contributed by atoms with E-state index in [0.717, 1.165) is 30.3 Å². The van der Waals surface area contributed by atoms with E-state index in [1.54, 1.807) is 24.7 Å². The number of anilines is 1. The summed E-state index contributed by atoms with van der Waals surface area (Å²) in [4.78, 5) is 27.8. The molecule has 2 aromatic rings. The minimum Gasteiger partial charge on any atom is -0.388 e. The zero-order valence-corrected chi connectivity index (χ0v) is 17.8. The number of piperidine rings is 1. The molecule has 2 aliphatic rings. The van der Waals surface area contributed by atoms with Gasteiger partial charge in [0.05, 0.1) is 16.7 Å². The number of rotatable bonds is 3. The Morgan fingerprint density at radius 1 is 1.27 bits per heavy atom. The van der Waals surface area contributed by atoms with Gasteiger partial charge in [0.1, 0.15) is 17.7 Å². The molecule has 0 saturated carbocycles. The Morgan fingerprint density at radius 2 is 2.03 bits per heavy atom. The lowest BCUT2D eigenvalue weighted by Gasteiger charge is -2.53. The molecule has 2 saturated heterocycles. The van der Waals surface area contributed by atoms with Gasteiger partial charge in [0.15, 0.2) is 0 Å². The van der Waals surface area contributed by atoms with Gasteiger partial charge in [0, 0.05) is 38.3 Å². The molecule has 2 N–H and O–H groups in total. The summed E-state index contributed by atoms with van der Waals surface area (Å²) in [5, 5.41) is 14.4. The number of ether oxygens (including phenoxy) is 1. The number of carbonyl (C=O) groups is 1. The van der Waals surface area contributed by atoms with Crippen molar-refractivity contribution >= 4 is 11.7 Å². The fourth-order valence-corrected chi connectivity index (χ4v) is 4.56. The van der Waals surface area contributed by atoms with E-state index in [-0.39, 0.29) is 5.91 Å². The van der Waals surface area contributed by atoms with Crippen LogP contribution in [0.4, 0.5) is 5.82 Å². The van der Waals surface area contributed by atoms with E-state index in [4.69, 9.17) is 4.74 Å². The molecule has 0 aliphatic carbocycles. The molecule has 4 rings (SSSR count). The third kappa shape index (κ3) is 3.89. The van der Waals surface area contributed by atoms with E-state index < -0.39 is 17.2 Å². The molecule has 2 fully saturated rings. The molecule has 2 aromatic heterocycles.